The van der Waals surface area contributed by atoms with E-state index in [2.05, 4.69) is 15.0 Å². The first kappa shape index (κ1) is 13.2. The van der Waals surface area contributed by atoms with Crippen molar-refractivity contribution >= 4 is 0 Å². The number of methoxy groups -OCH3 is 1. The number of aryl methyl sites for hydroxylation is 1. The first-order valence-electron chi connectivity index (χ1n) is 6.67. The van der Waals surface area contributed by atoms with E-state index in [1.165, 1.54) is 0 Å². The van der Waals surface area contributed by atoms with Crippen molar-refractivity contribution in [3.63, 3.8) is 0 Å². The summed E-state index contributed by atoms with van der Waals surface area (Å²) in [6.45, 7) is 1.90. The summed E-state index contributed by atoms with van der Waals surface area (Å²) in [6, 6.07) is 13.7. The van der Waals surface area contributed by atoms with Crippen molar-refractivity contribution in [3.05, 3.63) is 60.7 Å². The average molecular weight is 277 g/mol. The van der Waals surface area contributed by atoms with Crippen LogP contribution in [0.2, 0.25) is 0 Å². The summed E-state index contributed by atoms with van der Waals surface area (Å²) >= 11 is 0. The topological polar surface area (TPSA) is 47.9 Å². The molecule has 3 rings (SSSR count). The van der Waals surface area contributed by atoms with Gasteiger partial charge in [0.15, 0.2) is 0 Å². The van der Waals surface area contributed by atoms with Crippen molar-refractivity contribution in [2.24, 2.45) is 0 Å². The van der Waals surface area contributed by atoms with Crippen molar-refractivity contribution in [1.29, 1.82) is 0 Å². The quantitative estimate of drug-likeness (QED) is 0.735. The van der Waals surface area contributed by atoms with Gasteiger partial charge < -0.3 is 4.74 Å². The van der Waals surface area contributed by atoms with Crippen molar-refractivity contribution in [1.82, 2.24) is 15.0 Å². The molecular formula is C17H15N3O. The van der Waals surface area contributed by atoms with Gasteiger partial charge in [0.1, 0.15) is 11.6 Å². The largest absolute Gasteiger partial charge is 0.497 e. The summed E-state index contributed by atoms with van der Waals surface area (Å²) in [5, 5.41) is 0. The molecule has 21 heavy (non-hydrogen) atoms. The predicted molar refractivity (Wildman–Crippen MR) is 82.0 cm³/mol. The zero-order valence-electron chi connectivity index (χ0n) is 11.9. The number of hydrogen-bond acceptors (Lipinski definition) is 4. The summed E-state index contributed by atoms with van der Waals surface area (Å²) in [7, 11) is 1.66. The van der Waals surface area contributed by atoms with Crippen molar-refractivity contribution < 1.29 is 4.74 Å². The van der Waals surface area contributed by atoms with Gasteiger partial charge in [0.25, 0.3) is 0 Å². The van der Waals surface area contributed by atoms with Gasteiger partial charge in [-0.1, -0.05) is 0 Å². The van der Waals surface area contributed by atoms with Crippen LogP contribution in [-0.4, -0.2) is 22.1 Å². The Morgan fingerprint density at radius 2 is 1.62 bits per heavy atom. The van der Waals surface area contributed by atoms with Crippen LogP contribution in [0.25, 0.3) is 22.5 Å². The maximum atomic E-state index is 5.18. The molecular weight excluding hydrogens is 262 g/mol. The Kier molecular flexibility index (Phi) is 3.60. The normalized spacial score (nSPS) is 10.4. The lowest BCUT2D eigenvalue weighted by Crippen LogP contribution is -1.95. The van der Waals surface area contributed by atoms with Crippen LogP contribution in [-0.2, 0) is 0 Å². The average Bonchev–Trinajstić information content (AvgIpc) is 2.55. The fourth-order valence-corrected chi connectivity index (χ4v) is 2.14. The standard InChI is InChI=1S/C17H15N3O/c1-12-19-16(13-5-7-15(21-2)8-6-13)10-17(20-12)14-4-3-9-18-11-14/h3-11H,1-2H3. The van der Waals surface area contributed by atoms with E-state index in [1.54, 1.807) is 19.5 Å². The molecule has 2 heterocycles. The molecule has 0 aliphatic heterocycles. The summed E-state index contributed by atoms with van der Waals surface area (Å²) in [6.07, 6.45) is 3.56. The van der Waals surface area contributed by atoms with Crippen LogP contribution >= 0.6 is 0 Å². The maximum absolute atomic E-state index is 5.18. The minimum Gasteiger partial charge on any atom is -0.497 e. The van der Waals surface area contributed by atoms with Gasteiger partial charge in [0, 0.05) is 23.5 Å². The third-order valence-electron chi connectivity index (χ3n) is 3.18. The summed E-state index contributed by atoms with van der Waals surface area (Å²) in [4.78, 5) is 13.1. The van der Waals surface area contributed by atoms with Crippen molar-refractivity contribution in [2.75, 3.05) is 7.11 Å². The highest BCUT2D eigenvalue weighted by atomic mass is 16.5. The highest BCUT2D eigenvalue weighted by Gasteiger charge is 2.06. The molecule has 0 aliphatic carbocycles. The van der Waals surface area contributed by atoms with E-state index in [-0.39, 0.29) is 0 Å². The second-order valence-electron chi connectivity index (χ2n) is 4.66. The monoisotopic (exact) mass is 277 g/mol. The molecule has 0 atom stereocenters. The minimum absolute atomic E-state index is 0.738. The minimum atomic E-state index is 0.738. The molecule has 0 saturated heterocycles. The lowest BCUT2D eigenvalue weighted by Gasteiger charge is -2.07. The van der Waals surface area contributed by atoms with E-state index in [0.29, 0.717) is 0 Å². The molecule has 0 unspecified atom stereocenters. The Balaban J connectivity index is 2.05. The number of benzene rings is 1. The SMILES string of the molecule is COc1ccc(-c2cc(-c3cccnc3)nc(C)n2)cc1. The zero-order chi connectivity index (χ0) is 14.7. The van der Waals surface area contributed by atoms with Crippen LogP contribution in [0.3, 0.4) is 0 Å². The fraction of sp³-hybridized carbons (Fsp3) is 0.118. The molecule has 0 saturated carbocycles. The molecule has 2 aromatic heterocycles. The van der Waals surface area contributed by atoms with Gasteiger partial charge in [-0.2, -0.15) is 0 Å². The second-order valence-corrected chi connectivity index (χ2v) is 4.66. The Hall–Kier alpha value is -2.75. The fourth-order valence-electron chi connectivity index (χ4n) is 2.14. The van der Waals surface area contributed by atoms with Gasteiger partial charge in [-0.25, -0.2) is 9.97 Å². The van der Waals surface area contributed by atoms with Gasteiger partial charge in [0.2, 0.25) is 0 Å². The highest BCUT2D eigenvalue weighted by Crippen LogP contribution is 2.24. The molecule has 0 fully saturated rings. The number of hydrogen-bond donors (Lipinski definition) is 0. The van der Waals surface area contributed by atoms with E-state index in [1.807, 2.05) is 49.4 Å². The first-order chi connectivity index (χ1) is 10.3. The molecule has 1 aromatic carbocycles. The predicted octanol–water partition coefficient (Wildman–Crippen LogP) is 3.52. The van der Waals surface area contributed by atoms with Gasteiger partial charge >= 0.3 is 0 Å². The number of ether oxygens (including phenoxy) is 1. The van der Waals surface area contributed by atoms with Crippen molar-refractivity contribution in [3.8, 4) is 28.3 Å². The van der Waals surface area contributed by atoms with Gasteiger partial charge in [-0.15, -0.1) is 0 Å². The number of rotatable bonds is 3. The third kappa shape index (κ3) is 2.89. The molecule has 4 heteroatoms. The molecule has 0 bridgehead atoms. The molecule has 0 aliphatic rings. The molecule has 0 spiro atoms. The van der Waals surface area contributed by atoms with Gasteiger partial charge in [0.05, 0.1) is 18.5 Å². The Labute approximate surface area is 123 Å². The molecule has 3 aromatic rings. The molecule has 0 N–H and O–H groups in total. The Morgan fingerprint density at radius 1 is 0.905 bits per heavy atom. The number of aromatic nitrogens is 3. The summed E-state index contributed by atoms with van der Waals surface area (Å²) in [5.41, 5.74) is 3.79. The van der Waals surface area contributed by atoms with E-state index in [9.17, 15) is 0 Å². The molecule has 0 radical (unpaired) electrons. The van der Waals surface area contributed by atoms with Crippen LogP contribution in [0.4, 0.5) is 0 Å². The maximum Gasteiger partial charge on any atom is 0.126 e. The summed E-state index contributed by atoms with van der Waals surface area (Å²) in [5.74, 6) is 1.57. The summed E-state index contributed by atoms with van der Waals surface area (Å²) < 4.78 is 5.18. The third-order valence-corrected chi connectivity index (χ3v) is 3.18. The van der Waals surface area contributed by atoms with E-state index in [4.69, 9.17) is 4.74 Å². The second kappa shape index (κ2) is 5.71. The molecule has 4 nitrogen and oxygen atoms in total. The van der Waals surface area contributed by atoms with Gasteiger partial charge in [-0.3, -0.25) is 4.98 Å². The van der Waals surface area contributed by atoms with Crippen LogP contribution in [0.15, 0.2) is 54.9 Å². The Bertz CT molecular complexity index is 740. The smallest absolute Gasteiger partial charge is 0.126 e. The molecule has 0 amide bonds. The Morgan fingerprint density at radius 3 is 2.24 bits per heavy atom. The van der Waals surface area contributed by atoms with E-state index in [0.717, 1.165) is 34.1 Å². The highest BCUT2D eigenvalue weighted by molar-refractivity contribution is 5.67. The van der Waals surface area contributed by atoms with E-state index < -0.39 is 0 Å². The number of nitrogens with zero attached hydrogens (tertiary/aromatic N) is 3. The van der Waals surface area contributed by atoms with Crippen LogP contribution in [0.5, 0.6) is 5.75 Å². The number of pyridine rings is 1. The van der Waals surface area contributed by atoms with Crippen LogP contribution in [0, 0.1) is 6.92 Å². The van der Waals surface area contributed by atoms with Crippen molar-refractivity contribution in [2.45, 2.75) is 6.92 Å². The molecule has 104 valence electrons. The lowest BCUT2D eigenvalue weighted by atomic mass is 10.1. The zero-order valence-corrected chi connectivity index (χ0v) is 11.9. The van der Waals surface area contributed by atoms with Gasteiger partial charge in [-0.05, 0) is 49.4 Å². The lowest BCUT2D eigenvalue weighted by molar-refractivity contribution is 0.415. The van der Waals surface area contributed by atoms with Crippen LogP contribution < -0.4 is 4.74 Å². The van der Waals surface area contributed by atoms with E-state index >= 15 is 0 Å². The van der Waals surface area contributed by atoms with Crippen LogP contribution in [0.1, 0.15) is 5.82 Å². The first-order valence-corrected chi connectivity index (χ1v) is 6.67.